The molecule has 0 aromatic heterocycles. The predicted molar refractivity (Wildman–Crippen MR) is 121 cm³/mol. The lowest BCUT2D eigenvalue weighted by Crippen LogP contribution is -2.59. The number of carbonyl (C=O) groups is 3. The zero-order valence-corrected chi connectivity index (χ0v) is 19.1. The minimum atomic E-state index is -1.47. The van der Waals surface area contributed by atoms with Crippen molar-refractivity contribution >= 4 is 18.0 Å². The van der Waals surface area contributed by atoms with Gasteiger partial charge < -0.3 is 20.5 Å². The van der Waals surface area contributed by atoms with Crippen molar-refractivity contribution in [3.8, 4) is 11.1 Å². The number of hydrogen-bond acceptors (Lipinski definition) is 4. The summed E-state index contributed by atoms with van der Waals surface area (Å²) in [5.41, 5.74) is 2.30. The minimum Gasteiger partial charge on any atom is -0.480 e. The van der Waals surface area contributed by atoms with Crippen LogP contribution in [0.2, 0.25) is 0 Å². The van der Waals surface area contributed by atoms with Crippen LogP contribution in [0.5, 0.6) is 0 Å². The third-order valence-corrected chi connectivity index (χ3v) is 5.70. The van der Waals surface area contributed by atoms with Gasteiger partial charge in [0.2, 0.25) is 5.91 Å². The number of amides is 2. The van der Waals surface area contributed by atoms with Crippen LogP contribution in [0.1, 0.15) is 51.7 Å². The molecular formula is C25H30N2O5. The quantitative estimate of drug-likeness (QED) is 0.634. The molecule has 3 N–H and O–H groups in total. The fourth-order valence-corrected chi connectivity index (χ4v) is 3.87. The van der Waals surface area contributed by atoms with Crippen LogP contribution in [0.4, 0.5) is 4.79 Å². The number of carboxylic acids is 1. The summed E-state index contributed by atoms with van der Waals surface area (Å²) in [4.78, 5) is 36.8. The van der Waals surface area contributed by atoms with Crippen molar-refractivity contribution in [3.05, 3.63) is 59.7 Å². The number of rotatable bonds is 6. The molecule has 170 valence electrons. The molecule has 0 fully saturated rings. The van der Waals surface area contributed by atoms with Gasteiger partial charge in [-0.15, -0.1) is 0 Å². The van der Waals surface area contributed by atoms with Crippen LogP contribution in [0.25, 0.3) is 11.1 Å². The molecule has 0 bridgehead atoms. The molecule has 1 atom stereocenters. The summed E-state index contributed by atoms with van der Waals surface area (Å²) < 4.78 is 5.55. The highest BCUT2D eigenvalue weighted by molar-refractivity contribution is 5.91. The Hall–Kier alpha value is -3.35. The van der Waals surface area contributed by atoms with Gasteiger partial charge in [-0.05, 0) is 41.5 Å². The molecule has 7 nitrogen and oxygen atoms in total. The number of carbonyl (C=O) groups excluding carboxylic acids is 2. The van der Waals surface area contributed by atoms with Crippen LogP contribution >= 0.6 is 0 Å². The Balaban J connectivity index is 1.71. The number of alkyl carbamates (subject to hydrolysis) is 1. The highest BCUT2D eigenvalue weighted by Gasteiger charge is 2.38. The number of ether oxygens (including phenoxy) is 1. The first kappa shape index (κ1) is 23.3. The minimum absolute atomic E-state index is 0.0963. The maximum atomic E-state index is 12.8. The summed E-state index contributed by atoms with van der Waals surface area (Å²) in [5.74, 6) is -1.85. The molecule has 2 aromatic carbocycles. The Morgan fingerprint density at radius 2 is 1.44 bits per heavy atom. The van der Waals surface area contributed by atoms with Gasteiger partial charge in [-0.3, -0.25) is 4.79 Å². The summed E-state index contributed by atoms with van der Waals surface area (Å²) in [6, 6.07) is 15.1. The Bertz CT molecular complexity index is 993. The molecule has 7 heteroatoms. The number of aliphatic carboxylic acids is 1. The average molecular weight is 439 g/mol. The van der Waals surface area contributed by atoms with Crippen molar-refractivity contribution < 1.29 is 24.2 Å². The fourth-order valence-electron chi connectivity index (χ4n) is 3.87. The standard InChI is InChI=1S/C25H30N2O5/c1-24(2,3)20(21(28)27-25(4,5)22(29)30)26-23(31)32-14-19-17-12-8-6-10-15(17)16-11-7-9-13-18(16)19/h6-13,19-20H,14H2,1-5H3,(H,26,31)(H,27,28)(H,29,30)/t20-/m1/s1. The maximum Gasteiger partial charge on any atom is 0.407 e. The third-order valence-electron chi connectivity index (χ3n) is 5.70. The summed E-state index contributed by atoms with van der Waals surface area (Å²) >= 11 is 0. The molecule has 0 heterocycles. The Labute approximate surface area is 188 Å². The van der Waals surface area contributed by atoms with Gasteiger partial charge in [0.15, 0.2) is 0 Å². The van der Waals surface area contributed by atoms with Crippen molar-refractivity contribution in [1.29, 1.82) is 0 Å². The number of hydrogen-bond donors (Lipinski definition) is 3. The number of fused-ring (bicyclic) bond motifs is 3. The predicted octanol–water partition coefficient (Wildman–Crippen LogP) is 3.92. The van der Waals surface area contributed by atoms with Crippen LogP contribution in [-0.4, -0.2) is 41.3 Å². The molecule has 0 saturated heterocycles. The zero-order valence-electron chi connectivity index (χ0n) is 19.1. The van der Waals surface area contributed by atoms with Crippen LogP contribution in [0.3, 0.4) is 0 Å². The van der Waals surface area contributed by atoms with E-state index in [2.05, 4.69) is 22.8 Å². The monoisotopic (exact) mass is 438 g/mol. The van der Waals surface area contributed by atoms with Crippen molar-refractivity contribution in [2.75, 3.05) is 6.61 Å². The lowest BCUT2D eigenvalue weighted by Gasteiger charge is -2.32. The molecule has 1 aliphatic rings. The van der Waals surface area contributed by atoms with E-state index in [1.54, 1.807) is 20.8 Å². The van der Waals surface area contributed by atoms with Gasteiger partial charge >= 0.3 is 12.1 Å². The second kappa shape index (κ2) is 8.65. The number of nitrogens with one attached hydrogen (secondary N) is 2. The van der Waals surface area contributed by atoms with Gasteiger partial charge in [-0.25, -0.2) is 9.59 Å². The Morgan fingerprint density at radius 1 is 0.938 bits per heavy atom. The first-order valence-electron chi connectivity index (χ1n) is 10.6. The Kier molecular flexibility index (Phi) is 6.30. The highest BCUT2D eigenvalue weighted by Crippen LogP contribution is 2.44. The molecule has 0 radical (unpaired) electrons. The van der Waals surface area contributed by atoms with Crippen LogP contribution in [0.15, 0.2) is 48.5 Å². The van der Waals surface area contributed by atoms with E-state index in [-0.39, 0.29) is 12.5 Å². The van der Waals surface area contributed by atoms with Crippen LogP contribution < -0.4 is 10.6 Å². The van der Waals surface area contributed by atoms with E-state index in [0.29, 0.717) is 0 Å². The van der Waals surface area contributed by atoms with E-state index in [1.807, 2.05) is 36.4 Å². The molecule has 32 heavy (non-hydrogen) atoms. The van der Waals surface area contributed by atoms with E-state index in [4.69, 9.17) is 4.74 Å². The van der Waals surface area contributed by atoms with Gasteiger partial charge in [0.1, 0.15) is 18.2 Å². The van der Waals surface area contributed by atoms with Gasteiger partial charge in [0.05, 0.1) is 0 Å². The first-order chi connectivity index (χ1) is 14.9. The average Bonchev–Trinajstić information content (AvgIpc) is 3.03. The molecule has 0 unspecified atom stereocenters. The van der Waals surface area contributed by atoms with E-state index in [9.17, 15) is 19.5 Å². The zero-order chi connectivity index (χ0) is 23.7. The molecule has 2 aromatic rings. The van der Waals surface area contributed by atoms with Crippen molar-refractivity contribution in [2.45, 2.75) is 52.1 Å². The molecule has 1 aliphatic carbocycles. The van der Waals surface area contributed by atoms with Crippen LogP contribution in [0, 0.1) is 5.41 Å². The number of carboxylic acid groups (broad SMARTS) is 1. The van der Waals surface area contributed by atoms with E-state index in [1.165, 1.54) is 13.8 Å². The molecule has 0 aliphatic heterocycles. The molecular weight excluding hydrogens is 408 g/mol. The van der Waals surface area contributed by atoms with E-state index >= 15 is 0 Å². The molecule has 0 spiro atoms. The molecule has 2 amide bonds. The van der Waals surface area contributed by atoms with Crippen molar-refractivity contribution in [1.82, 2.24) is 10.6 Å². The SMILES string of the molecule is CC(C)(NC(=O)[C@@H](NC(=O)OCC1c2ccccc2-c2ccccc21)C(C)(C)C)C(=O)O. The lowest BCUT2D eigenvalue weighted by atomic mass is 9.85. The third kappa shape index (κ3) is 4.77. The summed E-state index contributed by atoms with van der Waals surface area (Å²) in [6.45, 7) is 8.26. The summed E-state index contributed by atoms with van der Waals surface area (Å²) in [5, 5.41) is 14.4. The highest BCUT2D eigenvalue weighted by atomic mass is 16.5. The van der Waals surface area contributed by atoms with Gasteiger partial charge in [0.25, 0.3) is 0 Å². The van der Waals surface area contributed by atoms with Gasteiger partial charge in [0, 0.05) is 5.92 Å². The van der Waals surface area contributed by atoms with Gasteiger partial charge in [-0.1, -0.05) is 69.3 Å². The second-order valence-corrected chi connectivity index (χ2v) is 9.69. The largest absolute Gasteiger partial charge is 0.480 e. The number of benzene rings is 2. The van der Waals surface area contributed by atoms with Crippen molar-refractivity contribution in [3.63, 3.8) is 0 Å². The second-order valence-electron chi connectivity index (χ2n) is 9.69. The lowest BCUT2D eigenvalue weighted by molar-refractivity contribution is -0.146. The molecule has 0 saturated carbocycles. The van der Waals surface area contributed by atoms with E-state index < -0.39 is 35.0 Å². The normalized spacial score (nSPS) is 14.2. The maximum absolute atomic E-state index is 12.8. The van der Waals surface area contributed by atoms with Gasteiger partial charge in [-0.2, -0.15) is 0 Å². The van der Waals surface area contributed by atoms with E-state index in [0.717, 1.165) is 22.3 Å². The van der Waals surface area contributed by atoms with Crippen LogP contribution in [-0.2, 0) is 14.3 Å². The first-order valence-corrected chi connectivity index (χ1v) is 10.6. The fraction of sp³-hybridized carbons (Fsp3) is 0.400. The molecule has 3 rings (SSSR count). The Morgan fingerprint density at radius 3 is 1.91 bits per heavy atom. The summed E-state index contributed by atoms with van der Waals surface area (Å²) in [6.07, 6.45) is -0.727. The smallest absolute Gasteiger partial charge is 0.407 e. The topological polar surface area (TPSA) is 105 Å². The van der Waals surface area contributed by atoms with Crippen molar-refractivity contribution in [2.24, 2.45) is 5.41 Å². The summed E-state index contributed by atoms with van der Waals surface area (Å²) in [7, 11) is 0.